The Morgan fingerprint density at radius 2 is 1.38 bits per heavy atom. The van der Waals surface area contributed by atoms with Gasteiger partial charge in [0.2, 0.25) is 4.38 Å². The van der Waals surface area contributed by atoms with E-state index in [1.54, 1.807) is 0 Å². The fourth-order valence-electron chi connectivity index (χ4n) is 2.50. The van der Waals surface area contributed by atoms with Crippen LogP contribution < -0.4 is 0 Å². The standard InChI is InChI=1S/C22H18O2S2/c23-20(18-12-6-2-7-13-18)21(19-14-8-3-9-15-19)26-22(25)24-16-17-10-4-1-5-11-17/h1-15,21H,16H2/t21-/m1/s1. The molecule has 2 nitrogen and oxygen atoms in total. The predicted molar refractivity (Wildman–Crippen MR) is 111 cm³/mol. The Kier molecular flexibility index (Phi) is 6.58. The topological polar surface area (TPSA) is 26.3 Å². The summed E-state index contributed by atoms with van der Waals surface area (Å²) < 4.78 is 6.08. The first-order chi connectivity index (χ1) is 12.7. The molecule has 130 valence electrons. The van der Waals surface area contributed by atoms with Gasteiger partial charge in [-0.15, -0.1) is 0 Å². The summed E-state index contributed by atoms with van der Waals surface area (Å²) in [5.41, 5.74) is 2.62. The van der Waals surface area contributed by atoms with Gasteiger partial charge in [-0.05, 0) is 23.3 Å². The van der Waals surface area contributed by atoms with E-state index in [2.05, 4.69) is 0 Å². The molecule has 0 fully saturated rings. The summed E-state index contributed by atoms with van der Waals surface area (Å²) in [5.74, 6) is 0.0208. The van der Waals surface area contributed by atoms with Crippen molar-refractivity contribution >= 4 is 34.1 Å². The summed E-state index contributed by atoms with van der Waals surface area (Å²) in [7, 11) is 0. The van der Waals surface area contributed by atoms with Crippen LogP contribution in [0.2, 0.25) is 0 Å². The third-order valence-electron chi connectivity index (χ3n) is 3.81. The highest BCUT2D eigenvalue weighted by Gasteiger charge is 2.24. The van der Waals surface area contributed by atoms with Crippen LogP contribution in [0.25, 0.3) is 0 Å². The van der Waals surface area contributed by atoms with E-state index in [1.165, 1.54) is 11.8 Å². The molecule has 0 radical (unpaired) electrons. The zero-order chi connectivity index (χ0) is 18.2. The first-order valence-electron chi connectivity index (χ1n) is 8.25. The van der Waals surface area contributed by atoms with E-state index in [9.17, 15) is 4.79 Å². The van der Waals surface area contributed by atoms with Gasteiger partial charge in [0.05, 0.1) is 0 Å². The van der Waals surface area contributed by atoms with Gasteiger partial charge in [-0.25, -0.2) is 0 Å². The number of hydrogen-bond donors (Lipinski definition) is 0. The van der Waals surface area contributed by atoms with Crippen LogP contribution in [0.3, 0.4) is 0 Å². The van der Waals surface area contributed by atoms with Crippen LogP contribution in [0.1, 0.15) is 26.7 Å². The summed E-state index contributed by atoms with van der Waals surface area (Å²) in [6.45, 7) is 0.397. The Hall–Kier alpha value is -2.43. The second kappa shape index (κ2) is 9.32. The second-order valence-corrected chi connectivity index (χ2v) is 7.37. The lowest BCUT2D eigenvalue weighted by Crippen LogP contribution is -2.13. The van der Waals surface area contributed by atoms with Gasteiger partial charge in [-0.1, -0.05) is 103 Å². The fourth-order valence-corrected chi connectivity index (χ4v) is 3.70. The number of ketones is 1. The molecule has 0 saturated carbocycles. The van der Waals surface area contributed by atoms with Crippen molar-refractivity contribution in [3.05, 3.63) is 108 Å². The average molecular weight is 379 g/mol. The monoisotopic (exact) mass is 378 g/mol. The number of benzene rings is 3. The summed E-state index contributed by atoms with van der Waals surface area (Å²) in [6, 6.07) is 28.8. The number of ether oxygens (including phenoxy) is 1. The van der Waals surface area contributed by atoms with E-state index in [0.717, 1.165) is 11.1 Å². The minimum Gasteiger partial charge on any atom is -0.474 e. The largest absolute Gasteiger partial charge is 0.474 e. The molecule has 0 aromatic heterocycles. The van der Waals surface area contributed by atoms with Gasteiger partial charge in [-0.3, -0.25) is 4.79 Å². The number of hydrogen-bond acceptors (Lipinski definition) is 4. The van der Waals surface area contributed by atoms with Crippen LogP contribution in [0.4, 0.5) is 0 Å². The van der Waals surface area contributed by atoms with Gasteiger partial charge in [0, 0.05) is 5.56 Å². The molecule has 0 bridgehead atoms. The Morgan fingerprint density at radius 1 is 0.846 bits per heavy atom. The molecule has 0 N–H and O–H groups in total. The van der Waals surface area contributed by atoms with Crippen molar-refractivity contribution in [2.45, 2.75) is 11.9 Å². The van der Waals surface area contributed by atoms with E-state index in [0.29, 0.717) is 16.6 Å². The third-order valence-corrected chi connectivity index (χ3v) is 5.25. The predicted octanol–water partition coefficient (Wildman–Crippen LogP) is 5.85. The smallest absolute Gasteiger partial charge is 0.221 e. The van der Waals surface area contributed by atoms with Crippen molar-refractivity contribution in [3.8, 4) is 0 Å². The first kappa shape index (κ1) is 18.4. The van der Waals surface area contributed by atoms with Gasteiger partial charge >= 0.3 is 0 Å². The van der Waals surface area contributed by atoms with E-state index in [-0.39, 0.29) is 5.78 Å². The van der Waals surface area contributed by atoms with Crippen molar-refractivity contribution < 1.29 is 9.53 Å². The summed E-state index contributed by atoms with van der Waals surface area (Å²) in [5, 5.41) is -0.429. The molecule has 26 heavy (non-hydrogen) atoms. The highest BCUT2D eigenvalue weighted by atomic mass is 32.2. The van der Waals surface area contributed by atoms with Gasteiger partial charge in [0.1, 0.15) is 11.9 Å². The maximum absolute atomic E-state index is 13.0. The van der Waals surface area contributed by atoms with E-state index in [1.807, 2.05) is 91.0 Å². The van der Waals surface area contributed by atoms with Crippen LogP contribution in [-0.4, -0.2) is 10.2 Å². The highest BCUT2D eigenvalue weighted by Crippen LogP contribution is 2.34. The lowest BCUT2D eigenvalue weighted by Gasteiger charge is -2.17. The molecule has 3 rings (SSSR count). The molecule has 0 unspecified atom stereocenters. The molecule has 3 aromatic rings. The van der Waals surface area contributed by atoms with Crippen LogP contribution in [-0.2, 0) is 11.3 Å². The van der Waals surface area contributed by atoms with Gasteiger partial charge in [0.25, 0.3) is 0 Å². The normalized spacial score (nSPS) is 11.5. The maximum atomic E-state index is 13.0. The molecular formula is C22H18O2S2. The molecule has 4 heteroatoms. The minimum atomic E-state index is -0.429. The van der Waals surface area contributed by atoms with Crippen molar-refractivity contribution in [1.82, 2.24) is 0 Å². The Bertz CT molecular complexity index is 849. The number of carbonyl (C=O) groups is 1. The Morgan fingerprint density at radius 3 is 2.00 bits per heavy atom. The summed E-state index contributed by atoms with van der Waals surface area (Å²) >= 11 is 6.67. The van der Waals surface area contributed by atoms with E-state index >= 15 is 0 Å². The van der Waals surface area contributed by atoms with Crippen LogP contribution in [0.5, 0.6) is 0 Å². The quantitative estimate of drug-likeness (QED) is 0.397. The molecule has 1 atom stereocenters. The zero-order valence-electron chi connectivity index (χ0n) is 14.1. The number of thiocarbonyl (C=S) groups is 1. The molecule has 0 amide bonds. The molecular weight excluding hydrogens is 360 g/mol. The van der Waals surface area contributed by atoms with Crippen LogP contribution in [0.15, 0.2) is 91.0 Å². The number of Topliss-reactive ketones (excluding diaryl/α,β-unsaturated/α-hetero) is 1. The SMILES string of the molecule is O=C(c1ccccc1)[C@H](SC(=S)OCc1ccccc1)c1ccccc1. The first-order valence-corrected chi connectivity index (χ1v) is 9.54. The molecule has 0 aliphatic rings. The highest BCUT2D eigenvalue weighted by molar-refractivity contribution is 8.23. The van der Waals surface area contributed by atoms with Crippen LogP contribution in [0, 0.1) is 0 Å². The van der Waals surface area contributed by atoms with Gasteiger partial charge < -0.3 is 4.74 Å². The Labute approximate surface area is 163 Å². The maximum Gasteiger partial charge on any atom is 0.221 e. The second-order valence-electron chi connectivity index (χ2n) is 5.66. The van der Waals surface area contributed by atoms with Crippen molar-refractivity contribution in [3.63, 3.8) is 0 Å². The molecule has 0 saturated heterocycles. The zero-order valence-corrected chi connectivity index (χ0v) is 15.7. The third kappa shape index (κ3) is 5.04. The van der Waals surface area contributed by atoms with Crippen molar-refractivity contribution in [1.29, 1.82) is 0 Å². The lowest BCUT2D eigenvalue weighted by atomic mass is 10.0. The summed E-state index contributed by atoms with van der Waals surface area (Å²) in [6.07, 6.45) is 0. The van der Waals surface area contributed by atoms with Crippen molar-refractivity contribution in [2.75, 3.05) is 0 Å². The molecule has 0 aliphatic carbocycles. The van der Waals surface area contributed by atoms with Crippen molar-refractivity contribution in [2.24, 2.45) is 0 Å². The number of carbonyl (C=O) groups excluding carboxylic acids is 1. The number of rotatable bonds is 6. The molecule has 0 aliphatic heterocycles. The van der Waals surface area contributed by atoms with E-state index in [4.69, 9.17) is 17.0 Å². The van der Waals surface area contributed by atoms with Gasteiger partial charge in [0.15, 0.2) is 5.78 Å². The Balaban J connectivity index is 1.73. The summed E-state index contributed by atoms with van der Waals surface area (Å²) in [4.78, 5) is 13.0. The molecule has 3 aromatic carbocycles. The molecule has 0 heterocycles. The number of thioether (sulfide) groups is 1. The van der Waals surface area contributed by atoms with Gasteiger partial charge in [-0.2, -0.15) is 0 Å². The fraction of sp³-hybridized carbons (Fsp3) is 0.0909. The average Bonchev–Trinajstić information content (AvgIpc) is 2.72. The van der Waals surface area contributed by atoms with Crippen LogP contribution >= 0.6 is 24.0 Å². The lowest BCUT2D eigenvalue weighted by molar-refractivity contribution is 0.0989. The minimum absolute atomic E-state index is 0.0208. The van der Waals surface area contributed by atoms with E-state index < -0.39 is 5.25 Å². The molecule has 0 spiro atoms.